The largest absolute Gasteiger partial charge is 0.424 e. The van der Waals surface area contributed by atoms with Gasteiger partial charge in [-0.05, 0) is 39.1 Å². The minimum atomic E-state index is -0.591. The van der Waals surface area contributed by atoms with Gasteiger partial charge in [0, 0.05) is 19.2 Å². The average Bonchev–Trinajstić information content (AvgIpc) is 2.39. The van der Waals surface area contributed by atoms with Gasteiger partial charge in [0.15, 0.2) is 5.78 Å². The summed E-state index contributed by atoms with van der Waals surface area (Å²) in [5, 5.41) is 11.2. The number of hydrogen-bond acceptors (Lipinski definition) is 5. The second kappa shape index (κ2) is 6.95. The molecular formula is C13H16N2O4S. The van der Waals surface area contributed by atoms with Crippen LogP contribution in [0.25, 0.3) is 0 Å². The lowest BCUT2D eigenvalue weighted by Gasteiger charge is -2.21. The summed E-state index contributed by atoms with van der Waals surface area (Å²) in [6, 6.07) is 4.21. The molecule has 1 aromatic carbocycles. The number of Topliss-reactive ketones (excluding diaryl/α,β-unsaturated/α-hetero) is 1. The first kappa shape index (κ1) is 16.0. The van der Waals surface area contributed by atoms with Crippen LogP contribution < -0.4 is 4.74 Å². The van der Waals surface area contributed by atoms with Crippen LogP contribution in [0, 0.1) is 10.1 Å². The van der Waals surface area contributed by atoms with Crippen LogP contribution in [0.4, 0.5) is 5.69 Å². The Labute approximate surface area is 122 Å². The molecule has 0 heterocycles. The van der Waals surface area contributed by atoms with Crippen LogP contribution in [0.3, 0.4) is 0 Å². The number of nitro benzene ring substituents is 1. The summed E-state index contributed by atoms with van der Waals surface area (Å²) in [5.74, 6) is -0.409. The van der Waals surface area contributed by atoms with Gasteiger partial charge in [-0.1, -0.05) is 6.07 Å². The van der Waals surface area contributed by atoms with Crippen molar-refractivity contribution in [2.75, 3.05) is 13.1 Å². The van der Waals surface area contributed by atoms with E-state index < -0.39 is 4.92 Å². The third kappa shape index (κ3) is 3.51. The first-order valence-electron chi connectivity index (χ1n) is 6.17. The summed E-state index contributed by atoms with van der Waals surface area (Å²) >= 11 is 5.12. The molecule has 0 aromatic heterocycles. The molecule has 0 fully saturated rings. The molecule has 1 aromatic rings. The summed E-state index contributed by atoms with van der Waals surface area (Å²) in [6.45, 7) is 6.35. The van der Waals surface area contributed by atoms with Gasteiger partial charge in [-0.15, -0.1) is 0 Å². The molecule has 1 rings (SSSR count). The van der Waals surface area contributed by atoms with Gasteiger partial charge in [-0.2, -0.15) is 0 Å². The van der Waals surface area contributed by atoms with E-state index in [0.29, 0.717) is 13.1 Å². The summed E-state index contributed by atoms with van der Waals surface area (Å²) in [5.41, 5.74) is -0.124. The number of ketones is 1. The van der Waals surface area contributed by atoms with E-state index in [0.717, 1.165) is 0 Å². The van der Waals surface area contributed by atoms with Gasteiger partial charge >= 0.3 is 5.69 Å². The molecule has 0 radical (unpaired) electrons. The lowest BCUT2D eigenvalue weighted by atomic mass is 10.1. The van der Waals surface area contributed by atoms with Crippen LogP contribution in [-0.4, -0.2) is 33.9 Å². The molecule has 7 heteroatoms. The second-order valence-corrected chi connectivity index (χ2v) is 4.36. The number of thiocarbonyl (C=S) groups is 1. The van der Waals surface area contributed by atoms with Crippen LogP contribution in [-0.2, 0) is 0 Å². The maximum atomic E-state index is 11.6. The van der Waals surface area contributed by atoms with Crippen molar-refractivity contribution < 1.29 is 14.5 Å². The molecule has 0 N–H and O–H groups in total. The SMILES string of the molecule is CCN(CC)C(=S)Oc1c(C(C)=O)cccc1[N+](=O)[O-]. The number of hydrogen-bond donors (Lipinski definition) is 0. The molecule has 0 unspecified atom stereocenters. The lowest BCUT2D eigenvalue weighted by Crippen LogP contribution is -2.33. The van der Waals surface area contributed by atoms with Gasteiger partial charge in [0.2, 0.25) is 5.75 Å². The Morgan fingerprint density at radius 1 is 1.40 bits per heavy atom. The highest BCUT2D eigenvalue weighted by Gasteiger charge is 2.23. The van der Waals surface area contributed by atoms with E-state index in [2.05, 4.69) is 0 Å². The fourth-order valence-electron chi connectivity index (χ4n) is 1.69. The molecule has 108 valence electrons. The molecule has 0 aliphatic rings. The molecule has 0 amide bonds. The molecule has 0 atom stereocenters. The van der Waals surface area contributed by atoms with E-state index >= 15 is 0 Å². The van der Waals surface area contributed by atoms with Crippen molar-refractivity contribution in [1.29, 1.82) is 0 Å². The smallest absolute Gasteiger partial charge is 0.312 e. The van der Waals surface area contributed by atoms with E-state index in [1.165, 1.54) is 25.1 Å². The molecule has 0 spiro atoms. The normalized spacial score (nSPS) is 9.95. The van der Waals surface area contributed by atoms with E-state index in [4.69, 9.17) is 17.0 Å². The molecule has 0 saturated heterocycles. The van der Waals surface area contributed by atoms with Crippen molar-refractivity contribution in [3.05, 3.63) is 33.9 Å². The first-order chi connectivity index (χ1) is 9.42. The third-order valence-electron chi connectivity index (χ3n) is 2.78. The third-order valence-corrected chi connectivity index (χ3v) is 3.12. The van der Waals surface area contributed by atoms with Crippen molar-refractivity contribution in [3.63, 3.8) is 0 Å². The molecular weight excluding hydrogens is 280 g/mol. The van der Waals surface area contributed by atoms with E-state index in [-0.39, 0.29) is 28.0 Å². The quantitative estimate of drug-likeness (QED) is 0.360. The number of benzene rings is 1. The number of ether oxygens (including phenoxy) is 1. The number of carbonyl (C=O) groups is 1. The highest BCUT2D eigenvalue weighted by Crippen LogP contribution is 2.31. The Balaban J connectivity index is 3.24. The standard InChI is InChI=1S/C13H16N2O4S/c1-4-14(5-2)13(20)19-12-10(9(3)16)7-6-8-11(12)15(17)18/h6-8H,4-5H2,1-3H3. The summed E-state index contributed by atoms with van der Waals surface area (Å²) in [4.78, 5) is 23.8. The first-order valence-corrected chi connectivity index (χ1v) is 6.58. The Kier molecular flexibility index (Phi) is 5.57. The Morgan fingerprint density at radius 3 is 2.45 bits per heavy atom. The van der Waals surface area contributed by atoms with Gasteiger partial charge in [-0.3, -0.25) is 14.9 Å². The Hall–Kier alpha value is -2.02. The average molecular weight is 296 g/mol. The Morgan fingerprint density at radius 2 is 2.00 bits per heavy atom. The number of nitrogens with zero attached hydrogens (tertiary/aromatic N) is 2. The van der Waals surface area contributed by atoms with Gasteiger partial charge in [0.1, 0.15) is 0 Å². The zero-order chi connectivity index (χ0) is 15.3. The fraction of sp³-hybridized carbons (Fsp3) is 0.385. The zero-order valence-corrected chi connectivity index (χ0v) is 12.4. The number of para-hydroxylation sites is 1. The van der Waals surface area contributed by atoms with Gasteiger partial charge in [-0.25, -0.2) is 0 Å². The minimum Gasteiger partial charge on any atom is -0.424 e. The van der Waals surface area contributed by atoms with Crippen molar-refractivity contribution in [2.24, 2.45) is 0 Å². The second-order valence-electron chi connectivity index (χ2n) is 4.01. The van der Waals surface area contributed by atoms with E-state index in [1.54, 1.807) is 4.90 Å². The topological polar surface area (TPSA) is 72.7 Å². The molecule has 20 heavy (non-hydrogen) atoms. The van der Waals surface area contributed by atoms with Gasteiger partial charge < -0.3 is 9.64 Å². The van der Waals surface area contributed by atoms with Gasteiger partial charge in [0.05, 0.1) is 10.5 Å². The summed E-state index contributed by atoms with van der Waals surface area (Å²) < 4.78 is 5.44. The van der Waals surface area contributed by atoms with Crippen molar-refractivity contribution in [3.8, 4) is 5.75 Å². The predicted molar refractivity (Wildman–Crippen MR) is 79.2 cm³/mol. The molecule has 0 aliphatic heterocycles. The van der Waals surface area contributed by atoms with Crippen LogP contribution in [0.15, 0.2) is 18.2 Å². The number of rotatable bonds is 5. The van der Waals surface area contributed by atoms with Crippen molar-refractivity contribution >= 4 is 28.9 Å². The zero-order valence-electron chi connectivity index (χ0n) is 11.6. The monoisotopic (exact) mass is 296 g/mol. The maximum absolute atomic E-state index is 11.6. The molecule has 0 saturated carbocycles. The van der Waals surface area contributed by atoms with Crippen LogP contribution in [0.1, 0.15) is 31.1 Å². The molecule has 0 aliphatic carbocycles. The van der Waals surface area contributed by atoms with E-state index in [9.17, 15) is 14.9 Å². The number of carbonyl (C=O) groups excluding carboxylic acids is 1. The molecule has 0 bridgehead atoms. The van der Waals surface area contributed by atoms with Crippen LogP contribution in [0.2, 0.25) is 0 Å². The maximum Gasteiger partial charge on any atom is 0.312 e. The Bertz CT molecular complexity index is 509. The molecule has 6 nitrogen and oxygen atoms in total. The minimum absolute atomic E-state index is 0.0955. The van der Waals surface area contributed by atoms with Gasteiger partial charge in [0.25, 0.3) is 5.17 Å². The van der Waals surface area contributed by atoms with Crippen LogP contribution in [0.5, 0.6) is 5.75 Å². The summed E-state index contributed by atoms with van der Waals surface area (Å²) in [6.07, 6.45) is 0. The number of nitro groups is 1. The van der Waals surface area contributed by atoms with Crippen molar-refractivity contribution in [2.45, 2.75) is 20.8 Å². The highest BCUT2D eigenvalue weighted by atomic mass is 32.1. The predicted octanol–water partition coefficient (Wildman–Crippen LogP) is 2.80. The fourth-order valence-corrected chi connectivity index (χ4v) is 2.03. The van der Waals surface area contributed by atoms with Crippen LogP contribution >= 0.6 is 12.2 Å². The lowest BCUT2D eigenvalue weighted by molar-refractivity contribution is -0.385. The highest BCUT2D eigenvalue weighted by molar-refractivity contribution is 7.80. The van der Waals surface area contributed by atoms with Crippen molar-refractivity contribution in [1.82, 2.24) is 4.90 Å². The van der Waals surface area contributed by atoms with E-state index in [1.807, 2.05) is 13.8 Å². The summed E-state index contributed by atoms with van der Waals surface area (Å²) in [7, 11) is 0.